The third-order valence-corrected chi connectivity index (χ3v) is 2.43. The summed E-state index contributed by atoms with van der Waals surface area (Å²) in [4.78, 5) is 11.3. The zero-order valence-corrected chi connectivity index (χ0v) is 9.88. The molecule has 88 valence electrons. The number of carbonyl (C=O) groups excluding carboxylic acids is 1. The van der Waals surface area contributed by atoms with Gasteiger partial charge in [-0.15, -0.1) is 0 Å². The molecule has 0 spiro atoms. The second-order valence-electron chi connectivity index (χ2n) is 4.50. The molecule has 1 aliphatic rings. The van der Waals surface area contributed by atoms with Crippen LogP contribution in [0.2, 0.25) is 0 Å². The molecule has 4 nitrogen and oxygen atoms in total. The molecule has 2 atom stereocenters. The topological polar surface area (TPSA) is 50.4 Å². The van der Waals surface area contributed by atoms with Gasteiger partial charge < -0.3 is 15.4 Å². The van der Waals surface area contributed by atoms with Crippen molar-refractivity contribution in [2.75, 3.05) is 13.1 Å². The highest BCUT2D eigenvalue weighted by molar-refractivity contribution is 5.78. The van der Waals surface area contributed by atoms with E-state index in [0.717, 1.165) is 19.4 Å². The molecule has 1 aliphatic heterocycles. The van der Waals surface area contributed by atoms with Crippen molar-refractivity contribution in [2.24, 2.45) is 0 Å². The van der Waals surface area contributed by atoms with Crippen LogP contribution in [-0.2, 0) is 9.53 Å². The first-order valence-electron chi connectivity index (χ1n) is 5.73. The predicted octanol–water partition coefficient (Wildman–Crippen LogP) is 0.668. The Hall–Kier alpha value is -0.610. The minimum atomic E-state index is 0.0519. The van der Waals surface area contributed by atoms with E-state index in [1.807, 2.05) is 13.8 Å². The van der Waals surface area contributed by atoms with Crippen LogP contribution in [-0.4, -0.2) is 37.2 Å². The molecule has 0 aromatic rings. The molecule has 1 fully saturated rings. The van der Waals surface area contributed by atoms with Gasteiger partial charge in [0.1, 0.15) is 0 Å². The van der Waals surface area contributed by atoms with Crippen molar-refractivity contribution in [2.45, 2.75) is 51.9 Å². The zero-order valence-electron chi connectivity index (χ0n) is 9.88. The fourth-order valence-electron chi connectivity index (χ4n) is 1.76. The Labute approximate surface area is 91.8 Å². The van der Waals surface area contributed by atoms with Crippen LogP contribution in [0.25, 0.3) is 0 Å². The molecule has 4 heteroatoms. The first-order chi connectivity index (χ1) is 7.08. The van der Waals surface area contributed by atoms with Crippen LogP contribution < -0.4 is 10.6 Å². The highest BCUT2D eigenvalue weighted by Crippen LogP contribution is 2.17. The maximum atomic E-state index is 11.3. The van der Waals surface area contributed by atoms with Crippen molar-refractivity contribution in [1.82, 2.24) is 10.6 Å². The predicted molar refractivity (Wildman–Crippen MR) is 59.7 cm³/mol. The van der Waals surface area contributed by atoms with Crippen molar-refractivity contribution in [3.8, 4) is 0 Å². The molecule has 0 aromatic carbocycles. The van der Waals surface area contributed by atoms with Crippen LogP contribution in [0.5, 0.6) is 0 Å². The molecule has 15 heavy (non-hydrogen) atoms. The number of amides is 1. The SMILES string of the molecule is CC(C)NC(=O)CNCC1CCC(C)O1. The molecular weight excluding hydrogens is 192 g/mol. The molecule has 2 N–H and O–H groups in total. The summed E-state index contributed by atoms with van der Waals surface area (Å²) in [6, 6.07) is 0.210. The number of hydrogen-bond acceptors (Lipinski definition) is 3. The summed E-state index contributed by atoms with van der Waals surface area (Å²) < 4.78 is 5.63. The van der Waals surface area contributed by atoms with E-state index in [1.165, 1.54) is 0 Å². The van der Waals surface area contributed by atoms with E-state index in [0.29, 0.717) is 12.6 Å². The van der Waals surface area contributed by atoms with Crippen LogP contribution in [0.4, 0.5) is 0 Å². The number of carbonyl (C=O) groups is 1. The third kappa shape index (κ3) is 5.14. The number of nitrogens with one attached hydrogen (secondary N) is 2. The van der Waals surface area contributed by atoms with E-state index in [-0.39, 0.29) is 18.1 Å². The van der Waals surface area contributed by atoms with Gasteiger partial charge >= 0.3 is 0 Å². The highest BCUT2D eigenvalue weighted by atomic mass is 16.5. The Morgan fingerprint density at radius 3 is 2.73 bits per heavy atom. The Morgan fingerprint density at radius 1 is 1.47 bits per heavy atom. The van der Waals surface area contributed by atoms with Gasteiger partial charge in [-0.3, -0.25) is 4.79 Å². The van der Waals surface area contributed by atoms with Gasteiger partial charge in [0.15, 0.2) is 0 Å². The van der Waals surface area contributed by atoms with Crippen molar-refractivity contribution in [1.29, 1.82) is 0 Å². The fourth-order valence-corrected chi connectivity index (χ4v) is 1.76. The summed E-state index contributed by atoms with van der Waals surface area (Å²) in [6.07, 6.45) is 2.89. The Kier molecular flexibility index (Phi) is 5.05. The second-order valence-corrected chi connectivity index (χ2v) is 4.50. The van der Waals surface area contributed by atoms with Crippen molar-refractivity contribution >= 4 is 5.91 Å². The average molecular weight is 214 g/mol. The lowest BCUT2D eigenvalue weighted by molar-refractivity contribution is -0.120. The van der Waals surface area contributed by atoms with Crippen LogP contribution in [0.3, 0.4) is 0 Å². The summed E-state index contributed by atoms with van der Waals surface area (Å²) in [5.41, 5.74) is 0. The maximum absolute atomic E-state index is 11.3. The lowest BCUT2D eigenvalue weighted by Gasteiger charge is -2.13. The average Bonchev–Trinajstić information content (AvgIpc) is 2.50. The zero-order chi connectivity index (χ0) is 11.3. The molecular formula is C11H22N2O2. The van der Waals surface area contributed by atoms with Gasteiger partial charge in [-0.1, -0.05) is 0 Å². The Balaban J connectivity index is 2.03. The molecule has 0 bridgehead atoms. The largest absolute Gasteiger partial charge is 0.374 e. The van der Waals surface area contributed by atoms with E-state index in [9.17, 15) is 4.79 Å². The molecule has 1 amide bonds. The first-order valence-corrected chi connectivity index (χ1v) is 5.73. The van der Waals surface area contributed by atoms with Crippen molar-refractivity contribution in [3.05, 3.63) is 0 Å². The van der Waals surface area contributed by atoms with E-state index in [1.54, 1.807) is 0 Å². The van der Waals surface area contributed by atoms with Gasteiger partial charge in [0.2, 0.25) is 5.91 Å². The third-order valence-electron chi connectivity index (χ3n) is 2.43. The van der Waals surface area contributed by atoms with Crippen molar-refractivity contribution < 1.29 is 9.53 Å². The smallest absolute Gasteiger partial charge is 0.234 e. The molecule has 1 heterocycles. The molecule has 1 rings (SSSR count). The van der Waals surface area contributed by atoms with Gasteiger partial charge in [0.05, 0.1) is 18.8 Å². The summed E-state index contributed by atoms with van der Waals surface area (Å²) in [5.74, 6) is 0.0519. The summed E-state index contributed by atoms with van der Waals surface area (Å²) in [7, 11) is 0. The van der Waals surface area contributed by atoms with E-state index in [2.05, 4.69) is 17.6 Å². The monoisotopic (exact) mass is 214 g/mol. The van der Waals surface area contributed by atoms with E-state index < -0.39 is 0 Å². The van der Waals surface area contributed by atoms with Crippen LogP contribution in [0.1, 0.15) is 33.6 Å². The molecule has 0 aromatic heterocycles. The Morgan fingerprint density at radius 2 is 2.20 bits per heavy atom. The first kappa shape index (κ1) is 12.5. The summed E-state index contributed by atoms with van der Waals surface area (Å²) in [6.45, 7) is 7.16. The fraction of sp³-hybridized carbons (Fsp3) is 0.909. The highest BCUT2D eigenvalue weighted by Gasteiger charge is 2.21. The number of hydrogen-bond donors (Lipinski definition) is 2. The van der Waals surface area contributed by atoms with Gasteiger partial charge in [-0.2, -0.15) is 0 Å². The lowest BCUT2D eigenvalue weighted by atomic mass is 10.2. The summed E-state index contributed by atoms with van der Waals surface area (Å²) in [5, 5.41) is 5.95. The Bertz CT molecular complexity index is 207. The van der Waals surface area contributed by atoms with Gasteiger partial charge in [-0.05, 0) is 33.6 Å². The summed E-state index contributed by atoms with van der Waals surface area (Å²) >= 11 is 0. The van der Waals surface area contributed by atoms with Crippen LogP contribution in [0, 0.1) is 0 Å². The van der Waals surface area contributed by atoms with Gasteiger partial charge in [0.25, 0.3) is 0 Å². The van der Waals surface area contributed by atoms with E-state index in [4.69, 9.17) is 4.74 Å². The van der Waals surface area contributed by atoms with Gasteiger partial charge in [-0.25, -0.2) is 0 Å². The second kappa shape index (κ2) is 6.08. The molecule has 1 saturated heterocycles. The minimum Gasteiger partial charge on any atom is -0.374 e. The standard InChI is InChI=1S/C11H22N2O2/c1-8(2)13-11(14)7-12-6-10-5-4-9(3)15-10/h8-10,12H,4-7H2,1-3H3,(H,13,14). The normalized spacial score (nSPS) is 25.9. The minimum absolute atomic E-state index is 0.0519. The van der Waals surface area contributed by atoms with Gasteiger partial charge in [0, 0.05) is 12.6 Å². The van der Waals surface area contributed by atoms with E-state index >= 15 is 0 Å². The lowest BCUT2D eigenvalue weighted by Crippen LogP contribution is -2.39. The maximum Gasteiger partial charge on any atom is 0.234 e. The molecule has 0 aliphatic carbocycles. The van der Waals surface area contributed by atoms with Crippen LogP contribution in [0.15, 0.2) is 0 Å². The number of ether oxygens (including phenoxy) is 1. The van der Waals surface area contributed by atoms with Crippen LogP contribution >= 0.6 is 0 Å². The number of rotatable bonds is 5. The molecule has 0 radical (unpaired) electrons. The molecule has 0 saturated carbocycles. The molecule has 2 unspecified atom stereocenters. The quantitative estimate of drug-likeness (QED) is 0.707. The van der Waals surface area contributed by atoms with Crippen molar-refractivity contribution in [3.63, 3.8) is 0 Å².